The van der Waals surface area contributed by atoms with Crippen molar-refractivity contribution in [1.82, 2.24) is 15.0 Å². The van der Waals surface area contributed by atoms with Gasteiger partial charge in [0.05, 0.1) is 5.69 Å². The molecule has 3 heterocycles. The normalized spacial score (nSPS) is 10.9. The van der Waals surface area contributed by atoms with E-state index in [2.05, 4.69) is 40.4 Å². The molecule has 0 fully saturated rings. The zero-order chi connectivity index (χ0) is 16.4. The van der Waals surface area contributed by atoms with E-state index in [-0.39, 0.29) is 2.85 Å². The van der Waals surface area contributed by atoms with Crippen LogP contribution in [-0.4, -0.2) is 15.0 Å². The van der Waals surface area contributed by atoms with E-state index in [0.29, 0.717) is 0 Å². The number of aromatic amines is 1. The third-order valence-corrected chi connectivity index (χ3v) is 4.01. The molecule has 1 aromatic carbocycles. The van der Waals surface area contributed by atoms with Gasteiger partial charge in [-0.2, -0.15) is 0 Å². The lowest BCUT2D eigenvalue weighted by atomic mass is 10.1. The van der Waals surface area contributed by atoms with Gasteiger partial charge in [-0.1, -0.05) is 36.4 Å². The van der Waals surface area contributed by atoms with Crippen molar-refractivity contribution in [2.45, 2.75) is 13.5 Å². The maximum Gasteiger partial charge on any atom is 0.137 e. The summed E-state index contributed by atoms with van der Waals surface area (Å²) in [5, 5.41) is 4.49. The van der Waals surface area contributed by atoms with Gasteiger partial charge in [0.1, 0.15) is 11.5 Å². The Labute approximate surface area is 143 Å². The quantitative estimate of drug-likeness (QED) is 0.554. The van der Waals surface area contributed by atoms with E-state index < -0.39 is 0 Å². The largest absolute Gasteiger partial charge is 0.366 e. The highest BCUT2D eigenvalue weighted by Gasteiger charge is 2.09. The van der Waals surface area contributed by atoms with Crippen LogP contribution in [0.2, 0.25) is 0 Å². The van der Waals surface area contributed by atoms with Crippen molar-refractivity contribution in [3.63, 3.8) is 0 Å². The van der Waals surface area contributed by atoms with Gasteiger partial charge in [-0.25, -0.2) is 9.97 Å². The number of aryl methyl sites for hydroxylation is 1. The molecule has 0 spiro atoms. The summed E-state index contributed by atoms with van der Waals surface area (Å²) in [6.07, 6.45) is 3.84. The van der Waals surface area contributed by atoms with Gasteiger partial charge in [0.15, 0.2) is 0 Å². The summed E-state index contributed by atoms with van der Waals surface area (Å²) in [4.78, 5) is 12.4. The average molecular weight is 318 g/mol. The summed E-state index contributed by atoms with van der Waals surface area (Å²) in [6.45, 7) is 2.81. The molecule has 0 amide bonds. The standard InChI is InChI=1S/C20H18N4.2H2/c1-14-10-16-17(13-23-20(16)22-11-14)18-8-5-9-19(24-18)21-12-15-6-3-2-4-7-15;;/h2-11,13H,12H2,1H3,(H,21,24)(H,22,23);2*1H. The maximum atomic E-state index is 4.75. The number of hydrogen-bond acceptors (Lipinski definition) is 3. The zero-order valence-corrected chi connectivity index (χ0v) is 13.5. The van der Waals surface area contributed by atoms with Crippen LogP contribution in [0, 0.1) is 6.92 Å². The predicted octanol–water partition coefficient (Wildman–Crippen LogP) is 5.04. The Morgan fingerprint density at radius 1 is 1.08 bits per heavy atom. The molecule has 0 unspecified atom stereocenters. The van der Waals surface area contributed by atoms with Crippen LogP contribution in [0.3, 0.4) is 0 Å². The summed E-state index contributed by atoms with van der Waals surface area (Å²) in [7, 11) is 0. The number of H-pyrrole nitrogens is 1. The fourth-order valence-electron chi connectivity index (χ4n) is 2.79. The molecule has 4 nitrogen and oxygen atoms in total. The summed E-state index contributed by atoms with van der Waals surface area (Å²) in [5.74, 6) is 0.867. The number of fused-ring (bicyclic) bond motifs is 1. The van der Waals surface area contributed by atoms with Crippen molar-refractivity contribution in [3.8, 4) is 11.3 Å². The predicted molar refractivity (Wildman–Crippen MR) is 102 cm³/mol. The van der Waals surface area contributed by atoms with Crippen LogP contribution in [0.1, 0.15) is 14.0 Å². The molecular weight excluding hydrogens is 296 g/mol. The first-order chi connectivity index (χ1) is 11.8. The summed E-state index contributed by atoms with van der Waals surface area (Å²) >= 11 is 0. The highest BCUT2D eigenvalue weighted by Crippen LogP contribution is 2.27. The van der Waals surface area contributed by atoms with Gasteiger partial charge >= 0.3 is 0 Å². The van der Waals surface area contributed by atoms with E-state index in [1.807, 2.05) is 48.8 Å². The smallest absolute Gasteiger partial charge is 0.137 e. The molecule has 4 rings (SSSR count). The summed E-state index contributed by atoms with van der Waals surface area (Å²) < 4.78 is 0. The molecule has 0 bridgehead atoms. The molecular formula is C20H22N4. The zero-order valence-electron chi connectivity index (χ0n) is 13.5. The van der Waals surface area contributed by atoms with E-state index in [1.165, 1.54) is 5.56 Å². The highest BCUT2D eigenvalue weighted by atomic mass is 15.0. The van der Waals surface area contributed by atoms with Gasteiger partial charge in [0.2, 0.25) is 0 Å². The van der Waals surface area contributed by atoms with E-state index in [0.717, 1.165) is 40.2 Å². The van der Waals surface area contributed by atoms with E-state index in [4.69, 9.17) is 4.98 Å². The van der Waals surface area contributed by atoms with Gasteiger partial charge in [0.25, 0.3) is 0 Å². The molecule has 24 heavy (non-hydrogen) atoms. The topological polar surface area (TPSA) is 53.6 Å². The Morgan fingerprint density at radius 2 is 1.96 bits per heavy atom. The number of anilines is 1. The first-order valence-electron chi connectivity index (χ1n) is 7.98. The summed E-state index contributed by atoms with van der Waals surface area (Å²) in [5.41, 5.74) is 5.27. The number of pyridine rings is 2. The Bertz CT molecular complexity index is 983. The molecule has 3 aromatic heterocycles. The van der Waals surface area contributed by atoms with Gasteiger partial charge in [-0.05, 0) is 36.2 Å². The molecule has 4 heteroatoms. The monoisotopic (exact) mass is 318 g/mol. The van der Waals surface area contributed by atoms with Crippen LogP contribution in [0.5, 0.6) is 0 Å². The minimum Gasteiger partial charge on any atom is -0.366 e. The molecule has 0 aliphatic heterocycles. The molecule has 0 aliphatic rings. The molecule has 0 saturated heterocycles. The highest BCUT2D eigenvalue weighted by molar-refractivity contribution is 5.92. The van der Waals surface area contributed by atoms with Gasteiger partial charge in [0, 0.05) is 32.7 Å². The van der Waals surface area contributed by atoms with Gasteiger partial charge < -0.3 is 10.3 Å². The minimum absolute atomic E-state index is 0. The molecule has 0 aliphatic carbocycles. The summed E-state index contributed by atoms with van der Waals surface area (Å²) in [6, 6.07) is 18.5. The molecule has 0 radical (unpaired) electrons. The maximum absolute atomic E-state index is 4.75. The SMILES string of the molecule is Cc1cnc2[nH]cc(-c3cccc(NCc4ccccc4)n3)c2c1.[HH].[HH]. The molecule has 0 atom stereocenters. The molecule has 2 N–H and O–H groups in total. The lowest BCUT2D eigenvalue weighted by Crippen LogP contribution is -2.01. The Balaban J connectivity index is 0.00000121. The number of rotatable bonds is 4. The van der Waals surface area contributed by atoms with Crippen molar-refractivity contribution < 1.29 is 2.85 Å². The van der Waals surface area contributed by atoms with Crippen LogP contribution in [0.25, 0.3) is 22.3 Å². The second kappa shape index (κ2) is 6.16. The first-order valence-corrected chi connectivity index (χ1v) is 7.98. The Hall–Kier alpha value is -3.14. The van der Waals surface area contributed by atoms with E-state index >= 15 is 0 Å². The molecule has 122 valence electrons. The van der Waals surface area contributed by atoms with E-state index in [9.17, 15) is 0 Å². The van der Waals surface area contributed by atoms with Crippen LogP contribution >= 0.6 is 0 Å². The third kappa shape index (κ3) is 2.86. The lowest BCUT2D eigenvalue weighted by Gasteiger charge is -2.07. The average Bonchev–Trinajstić information content (AvgIpc) is 3.04. The lowest BCUT2D eigenvalue weighted by molar-refractivity contribution is 1.11. The van der Waals surface area contributed by atoms with Crippen LogP contribution in [-0.2, 0) is 6.54 Å². The minimum atomic E-state index is 0. The van der Waals surface area contributed by atoms with Crippen molar-refractivity contribution in [1.29, 1.82) is 0 Å². The molecule has 0 saturated carbocycles. The van der Waals surface area contributed by atoms with Crippen molar-refractivity contribution >= 4 is 16.9 Å². The third-order valence-electron chi connectivity index (χ3n) is 4.01. The Morgan fingerprint density at radius 3 is 2.83 bits per heavy atom. The van der Waals surface area contributed by atoms with Crippen LogP contribution in [0.4, 0.5) is 5.82 Å². The van der Waals surface area contributed by atoms with Crippen LogP contribution in [0.15, 0.2) is 67.0 Å². The van der Waals surface area contributed by atoms with Crippen molar-refractivity contribution in [2.24, 2.45) is 0 Å². The fraction of sp³-hybridized carbons (Fsp3) is 0.100. The number of benzene rings is 1. The second-order valence-electron chi connectivity index (χ2n) is 5.86. The van der Waals surface area contributed by atoms with Crippen LogP contribution < -0.4 is 5.32 Å². The first kappa shape index (κ1) is 14.5. The second-order valence-corrected chi connectivity index (χ2v) is 5.86. The number of hydrogen-bond donors (Lipinski definition) is 2. The number of nitrogens with one attached hydrogen (secondary N) is 2. The van der Waals surface area contributed by atoms with Crippen molar-refractivity contribution in [2.75, 3.05) is 5.32 Å². The Kier molecular flexibility index (Phi) is 3.71. The molecule has 4 aromatic rings. The number of nitrogens with zero attached hydrogens (tertiary/aromatic N) is 2. The van der Waals surface area contributed by atoms with Gasteiger partial charge in [-0.15, -0.1) is 0 Å². The van der Waals surface area contributed by atoms with E-state index in [1.54, 1.807) is 0 Å². The van der Waals surface area contributed by atoms with Gasteiger partial charge in [-0.3, -0.25) is 0 Å². The van der Waals surface area contributed by atoms with Crippen molar-refractivity contribution in [3.05, 3.63) is 78.1 Å². The fourth-order valence-corrected chi connectivity index (χ4v) is 2.79. The number of aromatic nitrogens is 3.